The molecule has 3 N–H and O–H groups in total. The van der Waals surface area contributed by atoms with Crippen LogP contribution in [-0.2, 0) is 9.53 Å². The highest BCUT2D eigenvalue weighted by Crippen LogP contribution is 2.44. The van der Waals surface area contributed by atoms with Crippen LogP contribution >= 0.6 is 0 Å². The van der Waals surface area contributed by atoms with Gasteiger partial charge in [0.15, 0.2) is 5.82 Å². The van der Waals surface area contributed by atoms with Crippen molar-refractivity contribution in [2.75, 3.05) is 18.5 Å². The predicted molar refractivity (Wildman–Crippen MR) is 128 cm³/mol. The van der Waals surface area contributed by atoms with Gasteiger partial charge in [-0.05, 0) is 41.0 Å². The molecule has 0 spiro atoms. The summed E-state index contributed by atoms with van der Waals surface area (Å²) in [7, 11) is 0. The van der Waals surface area contributed by atoms with E-state index >= 15 is 0 Å². The molecule has 0 saturated carbocycles. The fourth-order valence-corrected chi connectivity index (χ4v) is 5.01. The van der Waals surface area contributed by atoms with Crippen molar-refractivity contribution in [2.24, 2.45) is 5.92 Å². The maximum Gasteiger partial charge on any atom is 0.412 e. The van der Waals surface area contributed by atoms with Crippen LogP contribution in [0, 0.1) is 5.92 Å². The highest BCUT2D eigenvalue weighted by molar-refractivity contribution is 5.96. The molecular formula is C26H26N4O5. The van der Waals surface area contributed by atoms with Gasteiger partial charge in [0.25, 0.3) is 5.91 Å². The SMILES string of the molecule is CC1CCN(C(=O)c2cc(NC(=O)OCC3c4ccccc4-c4ccccc43)n[nH]2)C(C(=O)O)C1. The standard InChI is InChI=1S/C26H26N4O5/c1-15-10-11-30(22(12-15)25(32)33)24(31)21-13-23(29-28-21)27-26(34)35-14-20-18-8-4-2-6-16(18)17-7-3-5-9-19(17)20/h2-9,13,15,20,22H,10-12,14H2,1H3,(H,32,33)(H2,27,28,29,34). The summed E-state index contributed by atoms with van der Waals surface area (Å²) < 4.78 is 5.51. The first kappa shape index (κ1) is 22.6. The van der Waals surface area contributed by atoms with Gasteiger partial charge in [0.05, 0.1) is 0 Å². The van der Waals surface area contributed by atoms with Crippen molar-refractivity contribution in [3.8, 4) is 11.1 Å². The number of amides is 2. The molecule has 1 aliphatic carbocycles. The topological polar surface area (TPSA) is 125 Å². The van der Waals surface area contributed by atoms with Gasteiger partial charge in [0, 0.05) is 18.5 Å². The van der Waals surface area contributed by atoms with Gasteiger partial charge in [-0.3, -0.25) is 15.2 Å². The highest BCUT2D eigenvalue weighted by Gasteiger charge is 2.36. The molecule has 2 aliphatic rings. The maximum absolute atomic E-state index is 12.9. The molecular weight excluding hydrogens is 448 g/mol. The van der Waals surface area contributed by atoms with E-state index in [1.54, 1.807) is 0 Å². The molecule has 35 heavy (non-hydrogen) atoms. The van der Waals surface area contributed by atoms with Gasteiger partial charge < -0.3 is 14.7 Å². The van der Waals surface area contributed by atoms with Crippen LogP contribution in [0.15, 0.2) is 54.6 Å². The molecule has 180 valence electrons. The number of ether oxygens (including phenoxy) is 1. The van der Waals surface area contributed by atoms with Crippen LogP contribution in [0.25, 0.3) is 11.1 Å². The lowest BCUT2D eigenvalue weighted by molar-refractivity contribution is -0.144. The van der Waals surface area contributed by atoms with Crippen LogP contribution in [0.4, 0.5) is 10.6 Å². The summed E-state index contributed by atoms with van der Waals surface area (Å²) in [5.74, 6) is -1.20. The number of carboxylic acid groups (broad SMARTS) is 1. The average Bonchev–Trinajstić information content (AvgIpc) is 3.45. The predicted octanol–water partition coefficient (Wildman–Crippen LogP) is 4.10. The van der Waals surface area contributed by atoms with Gasteiger partial charge in [-0.25, -0.2) is 9.59 Å². The van der Waals surface area contributed by atoms with E-state index in [2.05, 4.69) is 27.6 Å². The Morgan fingerprint density at radius 1 is 1.11 bits per heavy atom. The van der Waals surface area contributed by atoms with Crippen molar-refractivity contribution >= 4 is 23.8 Å². The molecule has 0 bridgehead atoms. The Morgan fingerprint density at radius 2 is 1.77 bits per heavy atom. The van der Waals surface area contributed by atoms with E-state index in [0.717, 1.165) is 28.7 Å². The highest BCUT2D eigenvalue weighted by atomic mass is 16.5. The van der Waals surface area contributed by atoms with Gasteiger partial charge in [0.1, 0.15) is 18.3 Å². The third kappa shape index (κ3) is 4.37. The molecule has 1 aromatic heterocycles. The number of nitrogens with one attached hydrogen (secondary N) is 2. The molecule has 9 nitrogen and oxygen atoms in total. The Bertz CT molecular complexity index is 1240. The quantitative estimate of drug-likeness (QED) is 0.511. The second-order valence-corrected chi connectivity index (χ2v) is 9.10. The summed E-state index contributed by atoms with van der Waals surface area (Å²) in [4.78, 5) is 38.4. The smallest absolute Gasteiger partial charge is 0.412 e. The van der Waals surface area contributed by atoms with E-state index in [1.807, 2.05) is 43.3 Å². The van der Waals surface area contributed by atoms with Crippen LogP contribution in [0.2, 0.25) is 0 Å². The number of carbonyl (C=O) groups is 3. The maximum atomic E-state index is 12.9. The number of aliphatic carboxylic acids is 1. The summed E-state index contributed by atoms with van der Waals surface area (Å²) in [5, 5.41) is 18.6. The van der Waals surface area contributed by atoms with Crippen molar-refractivity contribution in [2.45, 2.75) is 31.7 Å². The van der Waals surface area contributed by atoms with Crippen molar-refractivity contribution in [1.29, 1.82) is 0 Å². The lowest BCUT2D eigenvalue weighted by Crippen LogP contribution is -2.49. The fourth-order valence-electron chi connectivity index (χ4n) is 5.01. The number of piperidine rings is 1. The summed E-state index contributed by atoms with van der Waals surface area (Å²) in [6.45, 7) is 2.48. The van der Waals surface area contributed by atoms with Crippen LogP contribution < -0.4 is 5.32 Å². The first-order valence-corrected chi connectivity index (χ1v) is 11.6. The Hall–Kier alpha value is -4.14. The second kappa shape index (κ2) is 9.25. The molecule has 9 heteroatoms. The number of aromatic amines is 1. The second-order valence-electron chi connectivity index (χ2n) is 9.10. The number of anilines is 1. The van der Waals surface area contributed by atoms with Crippen molar-refractivity contribution in [3.05, 3.63) is 71.4 Å². The molecule has 5 rings (SSSR count). The molecule has 2 amide bonds. The van der Waals surface area contributed by atoms with Gasteiger partial charge in [-0.15, -0.1) is 0 Å². The largest absolute Gasteiger partial charge is 0.480 e. The molecule has 2 atom stereocenters. The molecule has 1 fully saturated rings. The lowest BCUT2D eigenvalue weighted by atomic mass is 9.92. The number of fused-ring (bicyclic) bond motifs is 3. The number of H-pyrrole nitrogens is 1. The molecule has 1 aliphatic heterocycles. The summed E-state index contributed by atoms with van der Waals surface area (Å²) in [6.07, 6.45) is 0.446. The summed E-state index contributed by atoms with van der Waals surface area (Å²) in [5.41, 5.74) is 4.61. The number of hydrogen-bond acceptors (Lipinski definition) is 5. The molecule has 2 unspecified atom stereocenters. The number of rotatable bonds is 5. The van der Waals surface area contributed by atoms with Gasteiger partial charge >= 0.3 is 12.1 Å². The van der Waals surface area contributed by atoms with E-state index in [4.69, 9.17) is 4.74 Å². The summed E-state index contributed by atoms with van der Waals surface area (Å²) in [6, 6.07) is 16.6. The van der Waals surface area contributed by atoms with E-state index in [-0.39, 0.29) is 30.0 Å². The third-order valence-corrected chi connectivity index (χ3v) is 6.79. The number of carbonyl (C=O) groups excluding carboxylic acids is 2. The third-order valence-electron chi connectivity index (χ3n) is 6.79. The number of likely N-dealkylation sites (tertiary alicyclic amines) is 1. The van der Waals surface area contributed by atoms with Crippen molar-refractivity contribution in [1.82, 2.24) is 15.1 Å². The van der Waals surface area contributed by atoms with Crippen LogP contribution in [-0.4, -0.2) is 57.4 Å². The lowest BCUT2D eigenvalue weighted by Gasteiger charge is -2.35. The fraction of sp³-hybridized carbons (Fsp3) is 0.308. The Kier molecular flexibility index (Phi) is 5.98. The van der Waals surface area contributed by atoms with Gasteiger partial charge in [-0.1, -0.05) is 55.5 Å². The van der Waals surface area contributed by atoms with E-state index < -0.39 is 24.0 Å². The average molecular weight is 475 g/mol. The number of aromatic nitrogens is 2. The van der Waals surface area contributed by atoms with Crippen molar-refractivity contribution < 1.29 is 24.2 Å². The summed E-state index contributed by atoms with van der Waals surface area (Å²) >= 11 is 0. The Morgan fingerprint density at radius 3 is 2.43 bits per heavy atom. The zero-order valence-corrected chi connectivity index (χ0v) is 19.2. The van der Waals surface area contributed by atoms with Crippen LogP contribution in [0.3, 0.4) is 0 Å². The number of hydrogen-bond donors (Lipinski definition) is 3. The van der Waals surface area contributed by atoms with Gasteiger partial charge in [0.2, 0.25) is 0 Å². The van der Waals surface area contributed by atoms with E-state index in [1.165, 1.54) is 11.0 Å². The first-order valence-electron chi connectivity index (χ1n) is 11.6. The zero-order chi connectivity index (χ0) is 24.5. The number of nitrogens with zero attached hydrogens (tertiary/aromatic N) is 2. The molecule has 0 radical (unpaired) electrons. The molecule has 2 heterocycles. The molecule has 3 aromatic rings. The minimum atomic E-state index is -1.03. The van der Waals surface area contributed by atoms with Crippen molar-refractivity contribution in [3.63, 3.8) is 0 Å². The van der Waals surface area contributed by atoms with Crippen LogP contribution in [0.1, 0.15) is 47.3 Å². The first-order chi connectivity index (χ1) is 16.9. The number of carboxylic acids is 1. The minimum absolute atomic E-state index is 0.0704. The Balaban J connectivity index is 1.23. The minimum Gasteiger partial charge on any atom is -0.480 e. The Labute approximate surface area is 202 Å². The number of benzene rings is 2. The van der Waals surface area contributed by atoms with E-state index in [0.29, 0.717) is 13.0 Å². The van der Waals surface area contributed by atoms with Crippen LogP contribution in [0.5, 0.6) is 0 Å². The molecule has 2 aromatic carbocycles. The molecule has 1 saturated heterocycles. The monoisotopic (exact) mass is 474 g/mol. The van der Waals surface area contributed by atoms with E-state index in [9.17, 15) is 19.5 Å². The van der Waals surface area contributed by atoms with Gasteiger partial charge in [-0.2, -0.15) is 5.10 Å². The zero-order valence-electron chi connectivity index (χ0n) is 19.2. The normalized spacial score (nSPS) is 19.1.